The lowest BCUT2D eigenvalue weighted by atomic mass is 10.1. The molecule has 19 heavy (non-hydrogen) atoms. The summed E-state index contributed by atoms with van der Waals surface area (Å²) in [5.41, 5.74) is 1.79. The molecule has 0 radical (unpaired) electrons. The summed E-state index contributed by atoms with van der Waals surface area (Å²) in [5.74, 6) is -4.09. The molecule has 0 bridgehead atoms. The van der Waals surface area contributed by atoms with Crippen molar-refractivity contribution in [3.8, 4) is 0 Å². The topological polar surface area (TPSA) is 21.3 Å². The summed E-state index contributed by atoms with van der Waals surface area (Å²) < 4.78 is 53.5. The number of hydrogen-bond acceptors (Lipinski definition) is 2. The van der Waals surface area contributed by atoms with Crippen LogP contribution in [0.25, 0.3) is 0 Å². The molecule has 0 aliphatic carbocycles. The van der Waals surface area contributed by atoms with E-state index in [1.54, 1.807) is 12.1 Å². The summed E-state index contributed by atoms with van der Waals surface area (Å²) in [6.07, 6.45) is -2.84. The first-order valence-electron chi connectivity index (χ1n) is 5.92. The molecule has 0 spiro atoms. The fourth-order valence-corrected chi connectivity index (χ4v) is 1.44. The largest absolute Gasteiger partial charge is 0.370 e. The minimum Gasteiger partial charge on any atom is -0.370 e. The van der Waals surface area contributed by atoms with E-state index in [0.717, 1.165) is 18.5 Å². The maximum Gasteiger partial charge on any atom is 0.330 e. The average molecular weight is 279 g/mol. The Balaban J connectivity index is 2.38. The smallest absolute Gasteiger partial charge is 0.330 e. The summed E-state index contributed by atoms with van der Waals surface area (Å²) in [6.45, 7) is -0.531. The first-order valence-corrected chi connectivity index (χ1v) is 5.92. The number of alkyl halides is 4. The van der Waals surface area contributed by atoms with Crippen molar-refractivity contribution in [3.63, 3.8) is 0 Å². The third kappa shape index (κ3) is 5.57. The Kier molecular flexibility index (Phi) is 6.24. The second-order valence-corrected chi connectivity index (χ2v) is 4.22. The molecule has 0 aliphatic heterocycles. The van der Waals surface area contributed by atoms with Crippen LogP contribution in [0.1, 0.15) is 11.1 Å². The zero-order chi connectivity index (χ0) is 14.3. The molecular weight excluding hydrogens is 262 g/mol. The van der Waals surface area contributed by atoms with Gasteiger partial charge in [0.2, 0.25) is 0 Å². The number of rotatable bonds is 8. The molecule has 0 fully saturated rings. The van der Waals surface area contributed by atoms with E-state index in [1.165, 1.54) is 0 Å². The van der Waals surface area contributed by atoms with Crippen LogP contribution in [0.15, 0.2) is 24.3 Å². The summed E-state index contributed by atoms with van der Waals surface area (Å²) in [6, 6.07) is 7.21. The highest BCUT2D eigenvalue weighted by atomic mass is 19.3. The molecule has 2 nitrogen and oxygen atoms in total. The van der Waals surface area contributed by atoms with E-state index >= 15 is 0 Å². The van der Waals surface area contributed by atoms with Gasteiger partial charge < -0.3 is 10.1 Å². The maximum absolute atomic E-state index is 12.6. The normalized spacial score (nSPS) is 12.1. The molecule has 0 saturated heterocycles. The number of hydrogen-bond donors (Lipinski definition) is 1. The van der Waals surface area contributed by atoms with Gasteiger partial charge in [-0.1, -0.05) is 24.3 Å². The number of likely N-dealkylation sites (N-methyl/N-ethyl adjacent to an activating group) is 1. The van der Waals surface area contributed by atoms with E-state index in [2.05, 4.69) is 10.1 Å². The quantitative estimate of drug-likeness (QED) is 0.739. The van der Waals surface area contributed by atoms with Crippen molar-refractivity contribution in [1.29, 1.82) is 0 Å². The van der Waals surface area contributed by atoms with Crippen LogP contribution >= 0.6 is 0 Å². The van der Waals surface area contributed by atoms with Gasteiger partial charge in [0, 0.05) is 0 Å². The van der Waals surface area contributed by atoms with Crippen LogP contribution in [0.4, 0.5) is 17.6 Å². The molecular formula is C13H17F4NO. The molecule has 0 unspecified atom stereocenters. The Morgan fingerprint density at radius 1 is 1.16 bits per heavy atom. The second kappa shape index (κ2) is 7.45. The van der Waals surface area contributed by atoms with Crippen LogP contribution in [0.3, 0.4) is 0 Å². The first-order chi connectivity index (χ1) is 8.95. The minimum atomic E-state index is -4.09. The highest BCUT2D eigenvalue weighted by Crippen LogP contribution is 2.23. The molecule has 1 aromatic carbocycles. The zero-order valence-electron chi connectivity index (χ0n) is 10.6. The van der Waals surface area contributed by atoms with Crippen molar-refractivity contribution in [2.24, 2.45) is 0 Å². The number of ether oxygens (including phenoxy) is 1. The van der Waals surface area contributed by atoms with Crippen molar-refractivity contribution in [1.82, 2.24) is 5.32 Å². The molecule has 108 valence electrons. The average Bonchev–Trinajstić information content (AvgIpc) is 2.37. The van der Waals surface area contributed by atoms with E-state index in [1.807, 2.05) is 19.2 Å². The Labute approximate surface area is 109 Å². The minimum absolute atomic E-state index is 0.103. The molecule has 6 heteroatoms. The second-order valence-electron chi connectivity index (χ2n) is 4.22. The predicted molar refractivity (Wildman–Crippen MR) is 64.7 cm³/mol. The van der Waals surface area contributed by atoms with Gasteiger partial charge in [-0.25, -0.2) is 8.78 Å². The third-order valence-corrected chi connectivity index (χ3v) is 2.57. The highest BCUT2D eigenvalue weighted by molar-refractivity contribution is 5.22. The van der Waals surface area contributed by atoms with Crippen molar-refractivity contribution < 1.29 is 22.3 Å². The fraction of sp³-hybridized carbons (Fsp3) is 0.538. The molecule has 0 atom stereocenters. The van der Waals surface area contributed by atoms with E-state index in [4.69, 9.17) is 0 Å². The van der Waals surface area contributed by atoms with E-state index < -0.39 is 19.0 Å². The van der Waals surface area contributed by atoms with Gasteiger partial charge in [-0.2, -0.15) is 8.78 Å². The molecule has 0 aliphatic rings. The van der Waals surface area contributed by atoms with Crippen molar-refractivity contribution in [2.45, 2.75) is 25.4 Å². The fourth-order valence-electron chi connectivity index (χ4n) is 1.44. The summed E-state index contributed by atoms with van der Waals surface area (Å²) in [4.78, 5) is 0. The Bertz CT molecular complexity index is 367. The maximum atomic E-state index is 12.6. The van der Waals surface area contributed by atoms with Crippen LogP contribution in [0.5, 0.6) is 0 Å². The molecule has 1 N–H and O–H groups in total. The van der Waals surface area contributed by atoms with Crippen LogP contribution in [0.2, 0.25) is 0 Å². The summed E-state index contributed by atoms with van der Waals surface area (Å²) >= 11 is 0. The number of benzene rings is 1. The lowest BCUT2D eigenvalue weighted by molar-refractivity contribution is -0.168. The van der Waals surface area contributed by atoms with Crippen LogP contribution < -0.4 is 5.32 Å². The third-order valence-electron chi connectivity index (χ3n) is 2.57. The Morgan fingerprint density at radius 3 is 2.26 bits per heavy atom. The molecule has 0 amide bonds. The molecule has 0 saturated carbocycles. The van der Waals surface area contributed by atoms with Crippen LogP contribution in [-0.4, -0.2) is 32.5 Å². The summed E-state index contributed by atoms with van der Waals surface area (Å²) in [7, 11) is 1.85. The SMILES string of the molecule is CNCCc1ccc(COCC(F)(F)C(F)F)cc1. The highest BCUT2D eigenvalue weighted by Gasteiger charge is 2.40. The Morgan fingerprint density at radius 2 is 1.74 bits per heavy atom. The molecule has 1 aromatic rings. The molecule has 1 rings (SSSR count). The molecule has 0 heterocycles. The van der Waals surface area contributed by atoms with Gasteiger partial charge in [0.25, 0.3) is 0 Å². The lowest BCUT2D eigenvalue weighted by Crippen LogP contribution is -2.32. The number of halogens is 4. The van der Waals surface area contributed by atoms with Gasteiger partial charge in [0.05, 0.1) is 6.61 Å². The predicted octanol–water partition coefficient (Wildman–Crippen LogP) is 2.87. The van der Waals surface area contributed by atoms with E-state index in [-0.39, 0.29) is 6.61 Å². The van der Waals surface area contributed by atoms with Gasteiger partial charge in [-0.3, -0.25) is 0 Å². The van der Waals surface area contributed by atoms with E-state index in [0.29, 0.717) is 5.56 Å². The summed E-state index contributed by atoms with van der Waals surface area (Å²) in [5, 5.41) is 3.01. The van der Waals surface area contributed by atoms with Gasteiger partial charge in [0.1, 0.15) is 6.61 Å². The first kappa shape index (κ1) is 15.9. The van der Waals surface area contributed by atoms with Crippen molar-refractivity contribution in [3.05, 3.63) is 35.4 Å². The molecule has 0 aromatic heterocycles. The van der Waals surface area contributed by atoms with Crippen molar-refractivity contribution >= 4 is 0 Å². The monoisotopic (exact) mass is 279 g/mol. The van der Waals surface area contributed by atoms with Gasteiger partial charge in [0.15, 0.2) is 0 Å². The van der Waals surface area contributed by atoms with Crippen molar-refractivity contribution in [2.75, 3.05) is 20.2 Å². The van der Waals surface area contributed by atoms with E-state index in [9.17, 15) is 17.6 Å². The van der Waals surface area contributed by atoms with Gasteiger partial charge >= 0.3 is 12.3 Å². The standard InChI is InChI=1S/C13H17F4NO/c1-18-7-6-10-2-4-11(5-3-10)8-19-9-13(16,17)12(14)15/h2-5,12,18H,6-9H2,1H3. The van der Waals surface area contributed by atoms with Crippen LogP contribution in [-0.2, 0) is 17.8 Å². The Hall–Kier alpha value is -1.14. The zero-order valence-corrected chi connectivity index (χ0v) is 10.6. The van der Waals surface area contributed by atoms with Gasteiger partial charge in [-0.05, 0) is 31.1 Å². The van der Waals surface area contributed by atoms with Gasteiger partial charge in [-0.15, -0.1) is 0 Å². The lowest BCUT2D eigenvalue weighted by Gasteiger charge is -2.15. The van der Waals surface area contributed by atoms with Crippen LogP contribution in [0, 0.1) is 0 Å². The number of nitrogens with one attached hydrogen (secondary N) is 1.